The van der Waals surface area contributed by atoms with Crippen molar-refractivity contribution in [1.82, 2.24) is 0 Å². The van der Waals surface area contributed by atoms with Crippen molar-refractivity contribution in [1.29, 1.82) is 0 Å². The molecule has 0 spiro atoms. The standard InChI is InChI=1S/C19H19F2NO3/c1-12(14-6-4-3-5-7-14)10-18(23)25-13(2)19(24)22-17-11-15(20)8-9-16(17)21/h3-9,11-13H,10H2,1-2H3,(H,22,24)/t12-,13-/m0/s1. The summed E-state index contributed by atoms with van der Waals surface area (Å²) in [5.74, 6) is -2.79. The summed E-state index contributed by atoms with van der Waals surface area (Å²) in [5.41, 5.74) is 0.684. The van der Waals surface area contributed by atoms with Crippen molar-refractivity contribution in [3.8, 4) is 0 Å². The third-order valence-corrected chi connectivity index (χ3v) is 3.71. The SMILES string of the molecule is C[C@H](OC(=O)C[C@H](C)c1ccccc1)C(=O)Nc1cc(F)ccc1F. The Morgan fingerprint density at radius 2 is 1.76 bits per heavy atom. The minimum absolute atomic E-state index is 0.0652. The molecule has 1 N–H and O–H groups in total. The van der Waals surface area contributed by atoms with E-state index in [1.165, 1.54) is 6.92 Å². The Morgan fingerprint density at radius 1 is 1.08 bits per heavy atom. The van der Waals surface area contributed by atoms with E-state index in [0.29, 0.717) is 0 Å². The van der Waals surface area contributed by atoms with Gasteiger partial charge in [-0.05, 0) is 30.5 Å². The fourth-order valence-electron chi connectivity index (χ4n) is 2.28. The lowest BCUT2D eigenvalue weighted by molar-refractivity contribution is -0.153. The van der Waals surface area contributed by atoms with Crippen LogP contribution in [0, 0.1) is 11.6 Å². The van der Waals surface area contributed by atoms with Crippen molar-refractivity contribution >= 4 is 17.6 Å². The smallest absolute Gasteiger partial charge is 0.307 e. The van der Waals surface area contributed by atoms with Crippen LogP contribution in [0.5, 0.6) is 0 Å². The zero-order chi connectivity index (χ0) is 18.4. The molecule has 2 atom stereocenters. The van der Waals surface area contributed by atoms with Gasteiger partial charge in [-0.2, -0.15) is 0 Å². The number of anilines is 1. The average molecular weight is 347 g/mol. The zero-order valence-corrected chi connectivity index (χ0v) is 14.0. The number of ether oxygens (including phenoxy) is 1. The predicted octanol–water partition coefficient (Wildman–Crippen LogP) is 4.03. The Hall–Kier alpha value is -2.76. The summed E-state index contributed by atoms with van der Waals surface area (Å²) in [7, 11) is 0. The predicted molar refractivity (Wildman–Crippen MR) is 90.0 cm³/mol. The molecule has 0 aromatic heterocycles. The topological polar surface area (TPSA) is 55.4 Å². The van der Waals surface area contributed by atoms with Crippen LogP contribution >= 0.6 is 0 Å². The maximum atomic E-state index is 13.5. The molecule has 25 heavy (non-hydrogen) atoms. The lowest BCUT2D eigenvalue weighted by Crippen LogP contribution is -2.30. The van der Waals surface area contributed by atoms with Gasteiger partial charge < -0.3 is 10.1 Å². The van der Waals surface area contributed by atoms with Gasteiger partial charge in [-0.3, -0.25) is 9.59 Å². The molecule has 0 heterocycles. The number of halogens is 2. The lowest BCUT2D eigenvalue weighted by Gasteiger charge is -2.16. The minimum Gasteiger partial charge on any atom is -0.453 e. The number of hydrogen-bond acceptors (Lipinski definition) is 3. The first-order valence-corrected chi connectivity index (χ1v) is 7.87. The number of esters is 1. The fourth-order valence-corrected chi connectivity index (χ4v) is 2.28. The molecule has 0 fully saturated rings. The molecule has 132 valence electrons. The van der Waals surface area contributed by atoms with Crippen LogP contribution in [-0.2, 0) is 14.3 Å². The van der Waals surface area contributed by atoms with E-state index in [1.54, 1.807) is 0 Å². The molecule has 2 aromatic carbocycles. The van der Waals surface area contributed by atoms with Gasteiger partial charge in [0.2, 0.25) is 0 Å². The Balaban J connectivity index is 1.90. The van der Waals surface area contributed by atoms with Crippen molar-refractivity contribution in [2.24, 2.45) is 0 Å². The van der Waals surface area contributed by atoms with Gasteiger partial charge in [0.1, 0.15) is 11.6 Å². The maximum Gasteiger partial charge on any atom is 0.307 e. The number of carbonyl (C=O) groups is 2. The van der Waals surface area contributed by atoms with Crippen LogP contribution in [0.15, 0.2) is 48.5 Å². The summed E-state index contributed by atoms with van der Waals surface area (Å²) in [5, 5.41) is 2.21. The second-order valence-corrected chi connectivity index (χ2v) is 5.76. The van der Waals surface area contributed by atoms with Crippen molar-refractivity contribution in [3.63, 3.8) is 0 Å². The summed E-state index contributed by atoms with van der Waals surface area (Å²) >= 11 is 0. The normalized spacial score (nSPS) is 13.0. The van der Waals surface area contributed by atoms with Crippen molar-refractivity contribution in [2.45, 2.75) is 32.3 Å². The monoisotopic (exact) mass is 347 g/mol. The molecule has 1 amide bonds. The molecular formula is C19H19F2NO3. The third kappa shape index (κ3) is 5.38. The third-order valence-electron chi connectivity index (χ3n) is 3.71. The summed E-state index contributed by atoms with van der Waals surface area (Å²) in [6, 6.07) is 12.2. The average Bonchev–Trinajstić information content (AvgIpc) is 2.58. The van der Waals surface area contributed by atoms with E-state index < -0.39 is 29.6 Å². The number of carbonyl (C=O) groups excluding carboxylic acids is 2. The molecule has 2 aromatic rings. The van der Waals surface area contributed by atoms with Crippen LogP contribution in [0.25, 0.3) is 0 Å². The van der Waals surface area contributed by atoms with E-state index in [-0.39, 0.29) is 18.0 Å². The molecule has 6 heteroatoms. The molecule has 0 bridgehead atoms. The first kappa shape index (κ1) is 18.6. The molecular weight excluding hydrogens is 328 g/mol. The Kier molecular flexibility index (Phi) is 6.22. The number of rotatable bonds is 6. The van der Waals surface area contributed by atoms with Crippen molar-refractivity contribution < 1.29 is 23.1 Å². The molecule has 4 nitrogen and oxygen atoms in total. The number of hydrogen-bond donors (Lipinski definition) is 1. The van der Waals surface area contributed by atoms with Gasteiger partial charge >= 0.3 is 5.97 Å². The van der Waals surface area contributed by atoms with Crippen LogP contribution in [0.1, 0.15) is 31.7 Å². The second-order valence-electron chi connectivity index (χ2n) is 5.76. The maximum absolute atomic E-state index is 13.5. The minimum atomic E-state index is -1.13. The lowest BCUT2D eigenvalue weighted by atomic mass is 9.98. The Bertz CT molecular complexity index is 750. The van der Waals surface area contributed by atoms with E-state index in [2.05, 4.69) is 5.32 Å². The van der Waals surface area contributed by atoms with Crippen LogP contribution in [0.4, 0.5) is 14.5 Å². The molecule has 2 rings (SSSR count). The van der Waals surface area contributed by atoms with Crippen LogP contribution in [0.3, 0.4) is 0 Å². The van der Waals surface area contributed by atoms with Gasteiger partial charge in [0, 0.05) is 6.07 Å². The molecule has 0 aliphatic carbocycles. The Morgan fingerprint density at radius 3 is 2.44 bits per heavy atom. The van der Waals surface area contributed by atoms with E-state index in [1.807, 2.05) is 37.3 Å². The summed E-state index contributed by atoms with van der Waals surface area (Å²) < 4.78 is 31.7. The van der Waals surface area contributed by atoms with Crippen LogP contribution in [-0.4, -0.2) is 18.0 Å². The highest BCUT2D eigenvalue weighted by molar-refractivity contribution is 5.95. The van der Waals surface area contributed by atoms with Crippen LogP contribution in [0.2, 0.25) is 0 Å². The van der Waals surface area contributed by atoms with Crippen LogP contribution < -0.4 is 5.32 Å². The van der Waals surface area contributed by atoms with E-state index >= 15 is 0 Å². The number of nitrogens with one attached hydrogen (secondary N) is 1. The molecule has 0 saturated carbocycles. The van der Waals surface area contributed by atoms with Crippen molar-refractivity contribution in [3.05, 3.63) is 65.7 Å². The highest BCUT2D eigenvalue weighted by Gasteiger charge is 2.21. The van der Waals surface area contributed by atoms with Gasteiger partial charge in [-0.15, -0.1) is 0 Å². The summed E-state index contributed by atoms with van der Waals surface area (Å²) in [6.45, 7) is 3.25. The van der Waals surface area contributed by atoms with Gasteiger partial charge in [0.05, 0.1) is 12.1 Å². The number of benzene rings is 2. The highest BCUT2D eigenvalue weighted by Crippen LogP contribution is 2.20. The highest BCUT2D eigenvalue weighted by atomic mass is 19.1. The van der Waals surface area contributed by atoms with Gasteiger partial charge in [0.15, 0.2) is 6.10 Å². The van der Waals surface area contributed by atoms with E-state index in [0.717, 1.165) is 23.8 Å². The fraction of sp³-hybridized carbons (Fsp3) is 0.263. The molecule has 0 aliphatic rings. The summed E-state index contributed by atoms with van der Waals surface area (Å²) in [6.07, 6.45) is -1.02. The largest absolute Gasteiger partial charge is 0.453 e. The molecule has 0 radical (unpaired) electrons. The first-order chi connectivity index (χ1) is 11.9. The van der Waals surface area contributed by atoms with Crippen molar-refractivity contribution in [2.75, 3.05) is 5.32 Å². The first-order valence-electron chi connectivity index (χ1n) is 7.87. The van der Waals surface area contributed by atoms with E-state index in [9.17, 15) is 18.4 Å². The second kappa shape index (κ2) is 8.37. The van der Waals surface area contributed by atoms with E-state index in [4.69, 9.17) is 4.74 Å². The molecule has 0 unspecified atom stereocenters. The summed E-state index contributed by atoms with van der Waals surface area (Å²) in [4.78, 5) is 24.0. The van der Waals surface area contributed by atoms with Gasteiger partial charge in [0.25, 0.3) is 5.91 Å². The van der Waals surface area contributed by atoms with Gasteiger partial charge in [-0.25, -0.2) is 8.78 Å². The zero-order valence-electron chi connectivity index (χ0n) is 14.0. The Labute approximate surface area is 144 Å². The molecule has 0 saturated heterocycles. The quantitative estimate of drug-likeness (QED) is 0.803. The molecule has 0 aliphatic heterocycles. The van der Waals surface area contributed by atoms with Gasteiger partial charge in [-0.1, -0.05) is 37.3 Å². The number of amides is 1.